The first-order valence-corrected chi connectivity index (χ1v) is 9.17. The fourth-order valence-electron chi connectivity index (χ4n) is 3.64. The number of pyridine rings is 1. The van der Waals surface area contributed by atoms with Gasteiger partial charge < -0.3 is 15.7 Å². The number of benzene rings is 1. The first-order chi connectivity index (χ1) is 12.8. The minimum absolute atomic E-state index is 0.0123. The van der Waals surface area contributed by atoms with Gasteiger partial charge in [0.05, 0.1) is 5.69 Å². The van der Waals surface area contributed by atoms with Crippen molar-refractivity contribution < 1.29 is 14.7 Å². The van der Waals surface area contributed by atoms with Gasteiger partial charge >= 0.3 is 0 Å². The summed E-state index contributed by atoms with van der Waals surface area (Å²) in [5.74, 6) is -0.902. The van der Waals surface area contributed by atoms with Crippen LogP contribution in [0.4, 0.5) is 5.69 Å². The van der Waals surface area contributed by atoms with Crippen LogP contribution < -0.4 is 10.6 Å². The highest BCUT2D eigenvalue weighted by molar-refractivity contribution is 6.02. The molecule has 3 rings (SSSR count). The van der Waals surface area contributed by atoms with Crippen LogP contribution in [0.2, 0.25) is 0 Å². The van der Waals surface area contributed by atoms with Crippen LogP contribution in [0.1, 0.15) is 54.1 Å². The second kappa shape index (κ2) is 7.48. The summed E-state index contributed by atoms with van der Waals surface area (Å²) >= 11 is 0. The molecule has 0 spiro atoms. The Labute approximate surface area is 159 Å². The van der Waals surface area contributed by atoms with Gasteiger partial charge in [-0.2, -0.15) is 0 Å². The van der Waals surface area contributed by atoms with Crippen LogP contribution >= 0.6 is 0 Å². The van der Waals surface area contributed by atoms with Crippen molar-refractivity contribution in [1.82, 2.24) is 4.98 Å². The standard InChI is InChI=1S/C21H25N3O3/c1-12-4-6-17(23-10-12)15-8-16(21(22)27)20(13(2)11-25)18(9-15)24-14(3)5-7-19(24)26/h4,6,8-10,13-14,25H,5,7,11H2,1-3H3,(H2,22,27)/t13-,14?/m1/s1. The third-order valence-corrected chi connectivity index (χ3v) is 5.14. The van der Waals surface area contributed by atoms with Crippen molar-refractivity contribution in [3.8, 4) is 11.3 Å². The Morgan fingerprint density at radius 2 is 2.15 bits per heavy atom. The first kappa shape index (κ1) is 19.0. The Balaban J connectivity index is 2.28. The van der Waals surface area contributed by atoms with Crippen molar-refractivity contribution in [1.29, 1.82) is 0 Å². The van der Waals surface area contributed by atoms with Gasteiger partial charge in [-0.05, 0) is 49.6 Å². The molecule has 27 heavy (non-hydrogen) atoms. The Hall–Kier alpha value is -2.73. The Morgan fingerprint density at radius 1 is 1.41 bits per heavy atom. The van der Waals surface area contributed by atoms with E-state index in [1.807, 2.05) is 39.0 Å². The normalized spacial score (nSPS) is 18.0. The van der Waals surface area contributed by atoms with Gasteiger partial charge in [-0.3, -0.25) is 14.6 Å². The fraction of sp³-hybridized carbons (Fsp3) is 0.381. The number of nitrogens with zero attached hydrogens (tertiary/aromatic N) is 2. The van der Waals surface area contributed by atoms with Gasteiger partial charge in [0.2, 0.25) is 11.8 Å². The average Bonchev–Trinajstić information content (AvgIpc) is 2.98. The fourth-order valence-corrected chi connectivity index (χ4v) is 3.64. The van der Waals surface area contributed by atoms with Crippen LogP contribution in [0.5, 0.6) is 0 Å². The molecule has 0 radical (unpaired) electrons. The summed E-state index contributed by atoms with van der Waals surface area (Å²) in [4.78, 5) is 31.0. The summed E-state index contributed by atoms with van der Waals surface area (Å²) in [7, 11) is 0. The number of nitrogens with two attached hydrogens (primary N) is 1. The summed E-state index contributed by atoms with van der Waals surface area (Å²) in [6.45, 7) is 5.61. The lowest BCUT2D eigenvalue weighted by molar-refractivity contribution is -0.117. The maximum Gasteiger partial charge on any atom is 0.249 e. The van der Waals surface area contributed by atoms with Crippen LogP contribution in [-0.4, -0.2) is 34.6 Å². The maximum absolute atomic E-state index is 12.6. The lowest BCUT2D eigenvalue weighted by Gasteiger charge is -2.28. The van der Waals surface area contributed by atoms with Gasteiger partial charge in [0.15, 0.2) is 0 Å². The van der Waals surface area contributed by atoms with Crippen molar-refractivity contribution in [2.45, 2.75) is 45.6 Å². The number of carbonyl (C=O) groups is 2. The zero-order valence-electron chi connectivity index (χ0n) is 15.9. The number of aryl methyl sites for hydroxylation is 1. The third kappa shape index (κ3) is 3.57. The monoisotopic (exact) mass is 367 g/mol. The Bertz CT molecular complexity index is 877. The summed E-state index contributed by atoms with van der Waals surface area (Å²) in [5.41, 5.74) is 9.69. The average molecular weight is 367 g/mol. The predicted octanol–water partition coefficient (Wildman–Crippen LogP) is 2.77. The highest BCUT2D eigenvalue weighted by Gasteiger charge is 2.33. The van der Waals surface area contributed by atoms with Crippen LogP contribution in [0.15, 0.2) is 30.5 Å². The molecule has 1 aliphatic heterocycles. The summed E-state index contributed by atoms with van der Waals surface area (Å²) in [6, 6.07) is 7.43. The van der Waals surface area contributed by atoms with Gasteiger partial charge in [-0.25, -0.2) is 0 Å². The summed E-state index contributed by atoms with van der Waals surface area (Å²) in [6.07, 6.45) is 2.98. The lowest BCUT2D eigenvalue weighted by atomic mass is 9.90. The molecule has 3 N–H and O–H groups in total. The van der Waals surface area contributed by atoms with Crippen LogP contribution in [0.25, 0.3) is 11.3 Å². The highest BCUT2D eigenvalue weighted by Crippen LogP contribution is 2.38. The van der Waals surface area contributed by atoms with E-state index >= 15 is 0 Å². The van der Waals surface area contributed by atoms with Crippen molar-refractivity contribution >= 4 is 17.5 Å². The SMILES string of the molecule is Cc1ccc(-c2cc(C(N)=O)c([C@H](C)CO)c(N3C(=O)CCC3C)c2)nc1. The van der Waals surface area contributed by atoms with E-state index in [9.17, 15) is 14.7 Å². The minimum Gasteiger partial charge on any atom is -0.396 e. The molecule has 1 fully saturated rings. The molecule has 142 valence electrons. The number of hydrogen-bond acceptors (Lipinski definition) is 4. The van der Waals surface area contributed by atoms with E-state index < -0.39 is 5.91 Å². The van der Waals surface area contributed by atoms with E-state index in [0.717, 1.165) is 17.5 Å². The number of carbonyl (C=O) groups excluding carboxylic acids is 2. The third-order valence-electron chi connectivity index (χ3n) is 5.14. The lowest BCUT2D eigenvalue weighted by Crippen LogP contribution is -2.33. The maximum atomic E-state index is 12.6. The van der Waals surface area contributed by atoms with Crippen molar-refractivity contribution in [2.24, 2.45) is 5.73 Å². The van der Waals surface area contributed by atoms with Crippen molar-refractivity contribution in [3.63, 3.8) is 0 Å². The molecular weight excluding hydrogens is 342 g/mol. The van der Waals surface area contributed by atoms with Crippen molar-refractivity contribution in [3.05, 3.63) is 47.2 Å². The molecule has 1 aliphatic rings. The van der Waals surface area contributed by atoms with E-state index in [0.29, 0.717) is 28.9 Å². The highest BCUT2D eigenvalue weighted by atomic mass is 16.3. The molecule has 2 amide bonds. The summed E-state index contributed by atoms with van der Waals surface area (Å²) in [5, 5.41) is 9.74. The molecular formula is C21H25N3O3. The topological polar surface area (TPSA) is 96.5 Å². The second-order valence-electron chi connectivity index (χ2n) is 7.28. The van der Waals surface area contributed by atoms with Crippen LogP contribution in [-0.2, 0) is 4.79 Å². The number of amides is 2. The van der Waals surface area contributed by atoms with Gasteiger partial charge in [0.25, 0.3) is 0 Å². The number of primary amides is 1. The molecule has 2 atom stereocenters. The van der Waals surface area contributed by atoms with Gasteiger partial charge in [0.1, 0.15) is 0 Å². The van der Waals surface area contributed by atoms with Gasteiger partial charge in [0, 0.05) is 48.0 Å². The zero-order chi connectivity index (χ0) is 19.7. The number of aliphatic hydroxyl groups is 1. The molecule has 1 unspecified atom stereocenters. The van der Waals surface area contributed by atoms with Crippen LogP contribution in [0, 0.1) is 6.92 Å². The second-order valence-corrected chi connectivity index (χ2v) is 7.28. The van der Waals surface area contributed by atoms with E-state index in [1.54, 1.807) is 17.2 Å². The molecule has 2 aromatic rings. The molecule has 0 bridgehead atoms. The Kier molecular flexibility index (Phi) is 5.28. The van der Waals surface area contributed by atoms with Crippen molar-refractivity contribution in [2.75, 3.05) is 11.5 Å². The minimum atomic E-state index is -0.584. The largest absolute Gasteiger partial charge is 0.396 e. The van der Waals surface area contributed by atoms with Crippen LogP contribution in [0.3, 0.4) is 0 Å². The molecule has 2 heterocycles. The van der Waals surface area contributed by atoms with Gasteiger partial charge in [-0.15, -0.1) is 0 Å². The Morgan fingerprint density at radius 3 is 2.67 bits per heavy atom. The first-order valence-electron chi connectivity index (χ1n) is 9.17. The van der Waals surface area contributed by atoms with E-state index in [-0.39, 0.29) is 24.5 Å². The van der Waals surface area contributed by atoms with Gasteiger partial charge in [-0.1, -0.05) is 13.0 Å². The zero-order valence-corrected chi connectivity index (χ0v) is 15.9. The molecule has 6 heteroatoms. The molecule has 0 aliphatic carbocycles. The summed E-state index contributed by atoms with van der Waals surface area (Å²) < 4.78 is 0. The molecule has 0 saturated carbocycles. The number of anilines is 1. The predicted molar refractivity (Wildman–Crippen MR) is 105 cm³/mol. The van der Waals surface area contributed by atoms with E-state index in [1.165, 1.54) is 0 Å². The smallest absolute Gasteiger partial charge is 0.249 e. The number of aromatic nitrogens is 1. The number of hydrogen-bond donors (Lipinski definition) is 2. The number of rotatable bonds is 5. The van der Waals surface area contributed by atoms with E-state index in [4.69, 9.17) is 5.73 Å². The van der Waals surface area contributed by atoms with E-state index in [2.05, 4.69) is 4.98 Å². The number of aliphatic hydroxyl groups excluding tert-OH is 1. The molecule has 1 aromatic heterocycles. The molecule has 6 nitrogen and oxygen atoms in total. The quantitative estimate of drug-likeness (QED) is 0.849. The molecule has 1 aromatic carbocycles. The molecule has 1 saturated heterocycles.